The number of carbonyl (C=O) groups is 1. The highest BCUT2D eigenvalue weighted by molar-refractivity contribution is 14.0. The number of carbonyl (C=O) groups excluding carboxylic acids is 1. The summed E-state index contributed by atoms with van der Waals surface area (Å²) in [5, 5.41) is 7.89. The Hall–Kier alpha value is -2.59. The van der Waals surface area contributed by atoms with E-state index in [0.717, 1.165) is 49.2 Å². The Morgan fingerprint density at radius 2 is 2.00 bits per heavy atom. The predicted molar refractivity (Wildman–Crippen MR) is 147 cm³/mol. The Morgan fingerprint density at radius 3 is 2.76 bits per heavy atom. The lowest BCUT2D eigenvalue weighted by atomic mass is 9.97. The number of piperidine rings is 1. The summed E-state index contributed by atoms with van der Waals surface area (Å²) >= 11 is 0. The van der Waals surface area contributed by atoms with Crippen LogP contribution in [0.1, 0.15) is 42.7 Å². The van der Waals surface area contributed by atoms with Crippen LogP contribution < -0.4 is 16.4 Å². The van der Waals surface area contributed by atoms with Crippen molar-refractivity contribution in [1.82, 2.24) is 15.5 Å². The quantitative estimate of drug-likeness (QED) is 0.223. The van der Waals surface area contributed by atoms with Crippen molar-refractivity contribution in [2.24, 2.45) is 16.6 Å². The van der Waals surface area contributed by atoms with Crippen molar-refractivity contribution in [1.29, 1.82) is 0 Å². The van der Waals surface area contributed by atoms with Crippen LogP contribution in [-0.2, 0) is 17.9 Å². The molecule has 2 unspecified atom stereocenters. The molecule has 3 aromatic rings. The highest BCUT2D eigenvalue weighted by Crippen LogP contribution is 2.23. The second kappa shape index (κ2) is 12.2. The Morgan fingerprint density at radius 1 is 1.21 bits per heavy atom. The van der Waals surface area contributed by atoms with Crippen LogP contribution in [0.5, 0.6) is 0 Å². The van der Waals surface area contributed by atoms with E-state index in [2.05, 4.69) is 57.8 Å². The predicted octanol–water partition coefficient (Wildman–Crippen LogP) is 4.17. The minimum atomic E-state index is -0.187. The van der Waals surface area contributed by atoms with E-state index in [-0.39, 0.29) is 41.8 Å². The number of halogens is 1. The Labute approximate surface area is 218 Å². The fourth-order valence-corrected chi connectivity index (χ4v) is 4.40. The fourth-order valence-electron chi connectivity index (χ4n) is 4.40. The van der Waals surface area contributed by atoms with Gasteiger partial charge >= 0.3 is 0 Å². The van der Waals surface area contributed by atoms with Crippen LogP contribution in [0.4, 0.5) is 0 Å². The molecular formula is C26H34IN5O2. The minimum absolute atomic E-state index is 0. The standard InChI is InChI=1S/C26H33N5O2.HI/c1-18(24-14-21-9-3-4-11-23(21)33-24)30-26(28-2)29-15-19-7-5-8-20(13-19)16-31-12-6-10-22(17-31)25(27)32;/h3-5,7-9,11,13-14,18,22H,6,10,12,15-17H2,1-2H3,(H2,27,32)(H2,28,29,30);1H. The van der Waals surface area contributed by atoms with E-state index in [9.17, 15) is 4.79 Å². The minimum Gasteiger partial charge on any atom is -0.459 e. The molecule has 1 saturated heterocycles. The summed E-state index contributed by atoms with van der Waals surface area (Å²) in [4.78, 5) is 18.2. The van der Waals surface area contributed by atoms with E-state index in [1.807, 2.05) is 24.3 Å². The molecule has 0 aliphatic carbocycles. The molecule has 34 heavy (non-hydrogen) atoms. The van der Waals surface area contributed by atoms with Crippen LogP contribution in [0.25, 0.3) is 11.0 Å². The number of nitrogens with zero attached hydrogens (tertiary/aromatic N) is 2. The maximum atomic E-state index is 11.6. The van der Waals surface area contributed by atoms with Crippen molar-refractivity contribution < 1.29 is 9.21 Å². The largest absolute Gasteiger partial charge is 0.459 e. The van der Waals surface area contributed by atoms with Gasteiger partial charge < -0.3 is 20.8 Å². The third-order valence-corrected chi connectivity index (χ3v) is 6.21. The van der Waals surface area contributed by atoms with E-state index in [0.29, 0.717) is 12.5 Å². The molecule has 2 aromatic carbocycles. The zero-order valence-electron chi connectivity index (χ0n) is 19.8. The number of hydrogen-bond donors (Lipinski definition) is 3. The van der Waals surface area contributed by atoms with Crippen molar-refractivity contribution in [2.45, 2.75) is 38.9 Å². The van der Waals surface area contributed by atoms with E-state index in [4.69, 9.17) is 10.2 Å². The molecule has 0 spiro atoms. The van der Waals surface area contributed by atoms with Crippen LogP contribution in [0.15, 0.2) is 64.0 Å². The number of para-hydroxylation sites is 1. The number of hydrogen-bond acceptors (Lipinski definition) is 4. The smallest absolute Gasteiger partial charge is 0.221 e. The zero-order chi connectivity index (χ0) is 23.2. The van der Waals surface area contributed by atoms with Gasteiger partial charge in [0, 0.05) is 32.1 Å². The molecule has 4 rings (SSSR count). The van der Waals surface area contributed by atoms with Crippen molar-refractivity contribution in [3.63, 3.8) is 0 Å². The number of primary amides is 1. The first-order valence-corrected chi connectivity index (χ1v) is 11.6. The highest BCUT2D eigenvalue weighted by atomic mass is 127. The van der Waals surface area contributed by atoms with Gasteiger partial charge in [0.05, 0.1) is 12.0 Å². The van der Waals surface area contributed by atoms with Gasteiger partial charge in [-0.05, 0) is 49.6 Å². The fraction of sp³-hybridized carbons (Fsp3) is 0.385. The third kappa shape index (κ3) is 6.73. The van der Waals surface area contributed by atoms with E-state index in [1.54, 1.807) is 7.05 Å². The number of rotatable bonds is 7. The molecule has 4 N–H and O–H groups in total. The number of furan rings is 1. The molecule has 8 heteroatoms. The van der Waals surface area contributed by atoms with Crippen molar-refractivity contribution in [3.8, 4) is 0 Å². The van der Waals surface area contributed by atoms with Crippen LogP contribution >= 0.6 is 24.0 Å². The van der Waals surface area contributed by atoms with Crippen LogP contribution in [0, 0.1) is 5.92 Å². The van der Waals surface area contributed by atoms with Gasteiger partial charge in [0.25, 0.3) is 0 Å². The van der Waals surface area contributed by atoms with E-state index >= 15 is 0 Å². The topological polar surface area (TPSA) is 95.9 Å². The average Bonchev–Trinajstić information content (AvgIpc) is 3.26. The second-order valence-electron chi connectivity index (χ2n) is 8.77. The number of guanidine groups is 1. The number of nitrogens with one attached hydrogen (secondary N) is 2. The van der Waals surface area contributed by atoms with Gasteiger partial charge in [-0.15, -0.1) is 24.0 Å². The van der Waals surface area contributed by atoms with Gasteiger partial charge in [0.2, 0.25) is 5.91 Å². The van der Waals surface area contributed by atoms with Crippen molar-refractivity contribution >= 4 is 46.8 Å². The Kier molecular flexibility index (Phi) is 9.35. The molecule has 0 radical (unpaired) electrons. The first-order valence-electron chi connectivity index (χ1n) is 11.6. The number of amides is 1. The molecule has 1 aromatic heterocycles. The molecule has 7 nitrogen and oxygen atoms in total. The first kappa shape index (κ1) is 26.0. The molecule has 0 saturated carbocycles. The summed E-state index contributed by atoms with van der Waals surface area (Å²) < 4.78 is 5.97. The molecular weight excluding hydrogens is 541 g/mol. The molecule has 2 heterocycles. The number of likely N-dealkylation sites (tertiary alicyclic amines) is 1. The lowest BCUT2D eigenvalue weighted by Crippen LogP contribution is -2.40. The maximum Gasteiger partial charge on any atom is 0.221 e. The molecule has 0 bridgehead atoms. The van der Waals surface area contributed by atoms with Gasteiger partial charge in [-0.25, -0.2) is 0 Å². The normalized spacial score (nSPS) is 17.7. The molecule has 1 aliphatic rings. The van der Waals surface area contributed by atoms with Crippen LogP contribution in [-0.4, -0.2) is 36.9 Å². The van der Waals surface area contributed by atoms with Gasteiger partial charge in [-0.2, -0.15) is 0 Å². The van der Waals surface area contributed by atoms with E-state index < -0.39 is 0 Å². The Balaban J connectivity index is 0.00000324. The summed E-state index contributed by atoms with van der Waals surface area (Å²) in [6, 6.07) is 18.6. The molecule has 1 aliphatic heterocycles. The SMILES string of the molecule is CN=C(NCc1cccc(CN2CCCC(C(N)=O)C2)c1)NC(C)c1cc2ccccc2o1.I. The number of fused-ring (bicyclic) bond motifs is 1. The van der Waals surface area contributed by atoms with Crippen LogP contribution in [0.2, 0.25) is 0 Å². The third-order valence-electron chi connectivity index (χ3n) is 6.21. The Bertz CT molecular complexity index is 1100. The molecule has 182 valence electrons. The average molecular weight is 575 g/mol. The van der Waals surface area contributed by atoms with Crippen molar-refractivity contribution in [3.05, 3.63) is 71.5 Å². The molecule has 1 fully saturated rings. The number of aliphatic imine (C=N–C) groups is 1. The zero-order valence-corrected chi connectivity index (χ0v) is 22.1. The summed E-state index contributed by atoms with van der Waals surface area (Å²) in [6.45, 7) is 5.29. The van der Waals surface area contributed by atoms with Gasteiger partial charge in [-0.1, -0.05) is 42.5 Å². The lowest BCUT2D eigenvalue weighted by Gasteiger charge is -2.31. The highest BCUT2D eigenvalue weighted by Gasteiger charge is 2.23. The van der Waals surface area contributed by atoms with Crippen molar-refractivity contribution in [2.75, 3.05) is 20.1 Å². The summed E-state index contributed by atoms with van der Waals surface area (Å²) in [5.74, 6) is 1.37. The molecule has 1 amide bonds. The van der Waals surface area contributed by atoms with Gasteiger partial charge in [0.15, 0.2) is 5.96 Å². The summed E-state index contributed by atoms with van der Waals surface area (Å²) in [6.07, 6.45) is 1.91. The van der Waals surface area contributed by atoms with Gasteiger partial charge in [0.1, 0.15) is 11.3 Å². The lowest BCUT2D eigenvalue weighted by molar-refractivity contribution is -0.123. The number of benzene rings is 2. The maximum absolute atomic E-state index is 11.6. The van der Waals surface area contributed by atoms with Gasteiger partial charge in [-0.3, -0.25) is 14.7 Å². The number of nitrogens with two attached hydrogens (primary N) is 1. The first-order chi connectivity index (χ1) is 16.0. The second-order valence-corrected chi connectivity index (χ2v) is 8.77. The van der Waals surface area contributed by atoms with E-state index in [1.165, 1.54) is 11.1 Å². The summed E-state index contributed by atoms with van der Waals surface area (Å²) in [5.41, 5.74) is 8.82. The molecule has 2 atom stereocenters. The summed E-state index contributed by atoms with van der Waals surface area (Å²) in [7, 11) is 1.77. The van der Waals surface area contributed by atoms with Crippen LogP contribution in [0.3, 0.4) is 0 Å². The monoisotopic (exact) mass is 575 g/mol.